The van der Waals surface area contributed by atoms with Crippen LogP contribution in [0.15, 0.2) is 126 Å². The zero-order chi connectivity index (χ0) is 55.9. The third kappa shape index (κ3) is 12.5. The number of benzene rings is 3. The molecule has 9 rings (SSSR count). The number of hydrogen-bond acceptors (Lipinski definition) is 9. The molecule has 0 amide bonds. The molecule has 1 N–H and O–H groups in total. The van der Waals surface area contributed by atoms with Crippen LogP contribution in [0.5, 0.6) is 0 Å². The first-order chi connectivity index (χ1) is 35.9. The number of nitrogens with zero attached hydrogens (tertiary/aromatic N) is 5. The Labute approximate surface area is 456 Å². The molecule has 6 atom stereocenters. The van der Waals surface area contributed by atoms with E-state index in [1.807, 2.05) is 139 Å². The fourth-order valence-electron chi connectivity index (χ4n) is 13.5. The van der Waals surface area contributed by atoms with Gasteiger partial charge < -0.3 is 5.32 Å². The lowest BCUT2D eigenvalue weighted by Gasteiger charge is -2.54. The number of allylic oxidation sites excluding steroid dienone is 3. The second-order valence-corrected chi connectivity index (χ2v) is 22.6. The number of hydrogen-bond donors (Lipinski definition) is 1. The predicted octanol–water partition coefficient (Wildman–Crippen LogP) is 11.8. The van der Waals surface area contributed by atoms with E-state index in [0.717, 1.165) is 30.6 Å². The molecule has 16 heteroatoms. The van der Waals surface area contributed by atoms with Crippen molar-refractivity contribution in [1.29, 1.82) is 15.8 Å². The number of alkyl halides is 6. The van der Waals surface area contributed by atoms with Gasteiger partial charge in [0.05, 0.1) is 29.8 Å². The smallest absolute Gasteiger partial charge is 0.251 e. The first-order valence-corrected chi connectivity index (χ1v) is 26.1. The second-order valence-electron chi connectivity index (χ2n) is 22.6. The van der Waals surface area contributed by atoms with Crippen molar-refractivity contribution in [2.24, 2.45) is 34.0 Å². The van der Waals surface area contributed by atoms with Crippen LogP contribution in [0.3, 0.4) is 0 Å². The van der Waals surface area contributed by atoms with E-state index >= 15 is 0 Å². The molecule has 0 aromatic heterocycles. The number of fused-ring (bicyclic) bond motifs is 3. The number of nitrogens with one attached hydrogen (secondary N) is 1. The molecule has 3 saturated heterocycles. The first-order valence-electron chi connectivity index (χ1n) is 26.1. The minimum absolute atomic E-state index is 0. The van der Waals surface area contributed by atoms with Crippen LogP contribution in [-0.2, 0) is 30.6 Å². The van der Waals surface area contributed by atoms with Crippen molar-refractivity contribution in [2.75, 3.05) is 52.4 Å². The highest BCUT2D eigenvalue weighted by molar-refractivity contribution is 6.06. The highest BCUT2D eigenvalue weighted by Crippen LogP contribution is 2.56. The monoisotopic (exact) mass is 1080 g/mol. The van der Waals surface area contributed by atoms with Crippen molar-refractivity contribution in [3.8, 4) is 18.2 Å². The third-order valence-corrected chi connectivity index (χ3v) is 17.0. The minimum atomic E-state index is -2.40. The summed E-state index contributed by atoms with van der Waals surface area (Å²) in [4.78, 5) is 41.6. The lowest BCUT2D eigenvalue weighted by Crippen LogP contribution is -2.59. The number of ketones is 3. The molecule has 412 valence electrons. The van der Waals surface area contributed by atoms with Crippen LogP contribution in [0.25, 0.3) is 0 Å². The van der Waals surface area contributed by atoms with Crippen molar-refractivity contribution in [3.05, 3.63) is 143 Å². The molecule has 0 radical (unpaired) electrons. The molecular formula is C61H71ClF6N6O3. The lowest BCUT2D eigenvalue weighted by molar-refractivity contribution is -0.131. The van der Waals surface area contributed by atoms with Crippen molar-refractivity contribution >= 4 is 29.8 Å². The summed E-state index contributed by atoms with van der Waals surface area (Å²) in [6.45, 7) is 16.0. The summed E-state index contributed by atoms with van der Waals surface area (Å²) < 4.78 is 73.4. The van der Waals surface area contributed by atoms with Gasteiger partial charge >= 0.3 is 0 Å². The SMILES string of the molecule is CC1(C)C(=O)C(C#N)=C[C@@]2(c3ccccc3)CN(CC(F)F)CC[C@H]12.CC1(C)C(=O)C(C#N)=C[C@]2(c3ccccc3)CN(CC(F)F)CC[C@@H]12.CC1(C)C(=O)C(C#N)=C[C@]2(c3ccccc3)CNCC[C@@H]12.CCC(F)F.Cl. The van der Waals surface area contributed by atoms with E-state index in [0.29, 0.717) is 44.6 Å². The molecule has 0 saturated carbocycles. The molecule has 0 unspecified atom stereocenters. The Morgan fingerprint density at radius 1 is 0.519 bits per heavy atom. The van der Waals surface area contributed by atoms with Gasteiger partial charge in [0.25, 0.3) is 12.9 Å². The topological polar surface area (TPSA) is 141 Å². The summed E-state index contributed by atoms with van der Waals surface area (Å²) in [5.74, 6) is -0.133. The Hall–Kier alpha value is -5.89. The molecule has 0 bridgehead atoms. The number of likely N-dealkylation sites (tertiary alicyclic amines) is 2. The van der Waals surface area contributed by atoms with Gasteiger partial charge in [-0.15, -0.1) is 12.4 Å². The van der Waals surface area contributed by atoms with Crippen LogP contribution < -0.4 is 5.32 Å². The van der Waals surface area contributed by atoms with Gasteiger partial charge in [-0.25, -0.2) is 26.3 Å². The Bertz CT molecular complexity index is 2660. The number of halogens is 7. The van der Waals surface area contributed by atoms with Crippen LogP contribution in [-0.4, -0.2) is 98.8 Å². The maximum absolute atomic E-state index is 13.0. The van der Waals surface area contributed by atoms with Gasteiger partial charge in [0.1, 0.15) is 18.2 Å². The van der Waals surface area contributed by atoms with E-state index in [1.165, 1.54) is 12.5 Å². The molecule has 77 heavy (non-hydrogen) atoms. The van der Waals surface area contributed by atoms with E-state index in [9.17, 15) is 56.5 Å². The molecule has 9 nitrogen and oxygen atoms in total. The maximum Gasteiger partial charge on any atom is 0.251 e. The quantitative estimate of drug-likeness (QED) is 0.218. The van der Waals surface area contributed by atoms with Crippen LogP contribution in [0.4, 0.5) is 26.3 Å². The maximum atomic E-state index is 13.0. The van der Waals surface area contributed by atoms with Crippen molar-refractivity contribution in [3.63, 3.8) is 0 Å². The number of rotatable bonds is 8. The molecule has 3 aromatic rings. The molecule has 3 aliphatic heterocycles. The normalized spacial score (nSPS) is 27.9. The number of piperidine rings is 3. The summed E-state index contributed by atoms with van der Waals surface area (Å²) in [6, 6.07) is 35.8. The van der Waals surface area contributed by atoms with Crippen LogP contribution in [0.1, 0.15) is 90.8 Å². The van der Waals surface area contributed by atoms with Gasteiger partial charge in [0.15, 0.2) is 17.3 Å². The van der Waals surface area contributed by atoms with Crippen molar-refractivity contribution in [1.82, 2.24) is 15.1 Å². The van der Waals surface area contributed by atoms with Gasteiger partial charge in [0, 0.05) is 58.5 Å². The average Bonchev–Trinajstić information content (AvgIpc) is 3.52. The largest absolute Gasteiger partial charge is 0.316 e. The molecular weight excluding hydrogens is 1010 g/mol. The minimum Gasteiger partial charge on any atom is -0.316 e. The zero-order valence-electron chi connectivity index (χ0n) is 45.0. The predicted molar refractivity (Wildman–Crippen MR) is 287 cm³/mol. The van der Waals surface area contributed by atoms with Crippen LogP contribution >= 0.6 is 12.4 Å². The fraction of sp³-hybridized carbons (Fsp3) is 0.508. The van der Waals surface area contributed by atoms with Crippen molar-refractivity contribution in [2.45, 2.75) is 110 Å². The van der Waals surface area contributed by atoms with E-state index in [2.05, 4.69) is 23.5 Å². The molecule has 3 aliphatic carbocycles. The van der Waals surface area contributed by atoms with E-state index in [1.54, 1.807) is 22.0 Å². The summed E-state index contributed by atoms with van der Waals surface area (Å²) in [5, 5.41) is 31.8. The van der Waals surface area contributed by atoms with Crippen molar-refractivity contribution < 1.29 is 40.7 Å². The highest BCUT2D eigenvalue weighted by Gasteiger charge is 2.58. The van der Waals surface area contributed by atoms with E-state index in [-0.39, 0.29) is 83.6 Å². The summed E-state index contributed by atoms with van der Waals surface area (Å²) in [7, 11) is 0. The Morgan fingerprint density at radius 2 is 0.818 bits per heavy atom. The molecule has 0 spiro atoms. The number of nitriles is 3. The third-order valence-electron chi connectivity index (χ3n) is 17.0. The first kappa shape index (κ1) is 62.0. The van der Waals surface area contributed by atoms with Crippen LogP contribution in [0, 0.1) is 68.0 Å². The number of carbonyl (C=O) groups excluding carboxylic acids is 3. The van der Waals surface area contributed by atoms with Gasteiger partial charge in [-0.05, 0) is 73.3 Å². The summed E-state index contributed by atoms with van der Waals surface area (Å²) >= 11 is 0. The Balaban J connectivity index is 0.000000203. The average molecular weight is 1090 g/mol. The lowest BCUT2D eigenvalue weighted by atomic mass is 9.52. The summed E-state index contributed by atoms with van der Waals surface area (Å²) in [5.41, 5.74) is 0.374. The molecule has 3 aromatic carbocycles. The standard InChI is InChI=1S/2C20H22F2N2O.C18H20N2O.C3H6F2.ClH/c2*1-19(2)16-8-9-24(12-17(21)22)13-20(16,10-14(11-23)18(19)25)15-6-4-3-5-7-15;1-17(2)15-8-9-20-12-18(15,10-13(11-19)16(17)21)14-6-4-3-5-7-14;1-2-3(4)5;/h2*3-7,10,16-17H,8-9,12-13H2,1-2H3;3-7,10,15,20H,8-9,12H2,1-2H3;3H,2H2,1H3;1H/t2*16-,20+;15-,18+;;/m100../s1. The summed E-state index contributed by atoms with van der Waals surface area (Å²) in [6.07, 6.45) is 0.718. The van der Waals surface area contributed by atoms with Gasteiger partial charge in [0.2, 0.25) is 6.43 Å². The van der Waals surface area contributed by atoms with Gasteiger partial charge in [-0.2, -0.15) is 15.8 Å². The Morgan fingerprint density at radius 3 is 1.12 bits per heavy atom. The van der Waals surface area contributed by atoms with Crippen LogP contribution in [0.2, 0.25) is 0 Å². The highest BCUT2D eigenvalue weighted by atomic mass is 35.5. The molecule has 6 aliphatic rings. The molecule has 3 fully saturated rings. The van der Waals surface area contributed by atoms with Gasteiger partial charge in [-0.3, -0.25) is 24.2 Å². The molecule has 3 heterocycles. The zero-order valence-corrected chi connectivity index (χ0v) is 45.8. The van der Waals surface area contributed by atoms with E-state index < -0.39 is 46.4 Å². The number of carbonyl (C=O) groups is 3. The fourth-order valence-corrected chi connectivity index (χ4v) is 13.5. The Kier molecular flexibility index (Phi) is 20.3. The van der Waals surface area contributed by atoms with Gasteiger partial charge in [-0.1, -0.05) is 158 Å². The number of Topliss-reactive ketones (excluding diaryl/α,β-unsaturated/α-hetero) is 3. The second kappa shape index (κ2) is 25.3. The van der Waals surface area contributed by atoms with E-state index in [4.69, 9.17) is 0 Å².